The van der Waals surface area contributed by atoms with E-state index in [9.17, 15) is 9.59 Å². The van der Waals surface area contributed by atoms with Gasteiger partial charge in [0.15, 0.2) is 18.1 Å². The summed E-state index contributed by atoms with van der Waals surface area (Å²) in [5.41, 5.74) is 5.46. The first-order chi connectivity index (χ1) is 16.0. The van der Waals surface area contributed by atoms with E-state index in [-0.39, 0.29) is 12.5 Å². The molecule has 0 saturated heterocycles. The van der Waals surface area contributed by atoms with Gasteiger partial charge in [-0.25, -0.2) is 10.2 Å². The molecule has 0 saturated carbocycles. The highest BCUT2D eigenvalue weighted by Gasteiger charge is 2.13. The largest absolute Gasteiger partial charge is 0.490 e. The first-order valence-corrected chi connectivity index (χ1v) is 10.5. The van der Waals surface area contributed by atoms with Gasteiger partial charge in [0, 0.05) is 0 Å². The smallest absolute Gasteiger partial charge is 0.343 e. The maximum Gasteiger partial charge on any atom is 0.343 e. The minimum Gasteiger partial charge on any atom is -0.490 e. The van der Waals surface area contributed by atoms with E-state index >= 15 is 0 Å². The minimum absolute atomic E-state index is 0.151. The van der Waals surface area contributed by atoms with Crippen molar-refractivity contribution in [3.63, 3.8) is 0 Å². The van der Waals surface area contributed by atoms with Crippen molar-refractivity contribution in [2.45, 2.75) is 20.8 Å². The van der Waals surface area contributed by atoms with Crippen LogP contribution in [0.1, 0.15) is 34.0 Å². The number of nitrogens with one attached hydrogen (secondary N) is 1. The lowest BCUT2D eigenvalue weighted by Crippen LogP contribution is -2.25. The summed E-state index contributed by atoms with van der Waals surface area (Å²) in [6.07, 6.45) is 1.47. The average molecular weight is 447 g/mol. The monoisotopic (exact) mass is 446 g/mol. The molecule has 3 aromatic carbocycles. The molecule has 7 nitrogen and oxygen atoms in total. The van der Waals surface area contributed by atoms with Gasteiger partial charge in [0.2, 0.25) is 0 Å². The molecule has 0 aliphatic heterocycles. The molecule has 1 amide bonds. The number of amides is 1. The van der Waals surface area contributed by atoms with Crippen LogP contribution in [0.15, 0.2) is 71.8 Å². The zero-order chi connectivity index (χ0) is 23.6. The maximum absolute atomic E-state index is 12.3. The van der Waals surface area contributed by atoms with Crippen LogP contribution in [-0.4, -0.2) is 31.3 Å². The van der Waals surface area contributed by atoms with Crippen molar-refractivity contribution in [2.24, 2.45) is 5.10 Å². The summed E-state index contributed by atoms with van der Waals surface area (Å²) in [5.74, 6) is 0.532. The second-order valence-electron chi connectivity index (χ2n) is 7.20. The van der Waals surface area contributed by atoms with Crippen molar-refractivity contribution in [1.29, 1.82) is 0 Å². The molecular weight excluding hydrogens is 420 g/mol. The van der Waals surface area contributed by atoms with Crippen LogP contribution in [0.25, 0.3) is 0 Å². The molecule has 3 rings (SSSR count). The summed E-state index contributed by atoms with van der Waals surface area (Å²) in [6, 6.07) is 19.5. The predicted molar refractivity (Wildman–Crippen MR) is 126 cm³/mol. The molecule has 3 aromatic rings. The number of hydrazone groups is 1. The summed E-state index contributed by atoms with van der Waals surface area (Å²) < 4.78 is 16.7. The van der Waals surface area contributed by atoms with Crippen LogP contribution in [0.3, 0.4) is 0 Å². The van der Waals surface area contributed by atoms with Crippen molar-refractivity contribution in [2.75, 3.05) is 13.2 Å². The van der Waals surface area contributed by atoms with Gasteiger partial charge >= 0.3 is 5.97 Å². The molecule has 0 bridgehead atoms. The molecule has 0 atom stereocenters. The molecule has 170 valence electrons. The number of rotatable bonds is 9. The summed E-state index contributed by atoms with van der Waals surface area (Å²) >= 11 is 0. The van der Waals surface area contributed by atoms with Gasteiger partial charge in [0.25, 0.3) is 5.91 Å². The second kappa shape index (κ2) is 11.5. The number of nitrogens with zero attached hydrogens (tertiary/aromatic N) is 1. The molecule has 0 spiro atoms. The van der Waals surface area contributed by atoms with Crippen LogP contribution >= 0.6 is 0 Å². The quantitative estimate of drug-likeness (QED) is 0.227. The number of hydrogen-bond acceptors (Lipinski definition) is 6. The highest BCUT2D eigenvalue weighted by Crippen LogP contribution is 2.29. The number of hydrogen-bond donors (Lipinski definition) is 1. The molecule has 0 unspecified atom stereocenters. The number of carbonyl (C=O) groups is 2. The lowest BCUT2D eigenvalue weighted by atomic mass is 10.1. The van der Waals surface area contributed by atoms with E-state index in [0.717, 1.165) is 11.1 Å². The third kappa shape index (κ3) is 6.67. The molecule has 0 aliphatic carbocycles. The van der Waals surface area contributed by atoms with Crippen LogP contribution in [0.4, 0.5) is 0 Å². The third-order valence-electron chi connectivity index (χ3n) is 4.64. The Kier molecular flexibility index (Phi) is 8.18. The molecule has 0 heterocycles. The first kappa shape index (κ1) is 23.5. The van der Waals surface area contributed by atoms with Crippen molar-refractivity contribution in [3.8, 4) is 17.2 Å². The topological polar surface area (TPSA) is 86.2 Å². The van der Waals surface area contributed by atoms with Crippen molar-refractivity contribution in [1.82, 2.24) is 5.43 Å². The lowest BCUT2D eigenvalue weighted by Gasteiger charge is -2.11. The molecule has 0 aromatic heterocycles. The highest BCUT2D eigenvalue weighted by atomic mass is 16.6. The fraction of sp³-hybridized carbons (Fsp3) is 0.192. The van der Waals surface area contributed by atoms with Crippen LogP contribution in [0.5, 0.6) is 17.2 Å². The van der Waals surface area contributed by atoms with E-state index in [1.54, 1.807) is 42.5 Å². The maximum atomic E-state index is 12.3. The molecule has 0 aliphatic rings. The number of benzene rings is 3. The van der Waals surface area contributed by atoms with Crippen LogP contribution in [-0.2, 0) is 4.79 Å². The van der Waals surface area contributed by atoms with E-state index < -0.39 is 5.97 Å². The minimum atomic E-state index is -0.478. The molecule has 1 N–H and O–H groups in total. The van der Waals surface area contributed by atoms with Crippen molar-refractivity contribution in [3.05, 3.63) is 89.0 Å². The molecule has 0 radical (unpaired) electrons. The van der Waals surface area contributed by atoms with Crippen molar-refractivity contribution < 1.29 is 23.8 Å². The fourth-order valence-corrected chi connectivity index (χ4v) is 3.07. The number of para-hydroxylation sites is 1. The van der Waals surface area contributed by atoms with Gasteiger partial charge in [-0.1, -0.05) is 36.4 Å². The van der Waals surface area contributed by atoms with Gasteiger partial charge < -0.3 is 14.2 Å². The van der Waals surface area contributed by atoms with Crippen LogP contribution in [0, 0.1) is 13.8 Å². The van der Waals surface area contributed by atoms with E-state index in [1.165, 1.54) is 6.21 Å². The van der Waals surface area contributed by atoms with Crippen LogP contribution in [0.2, 0.25) is 0 Å². The van der Waals surface area contributed by atoms with E-state index in [1.807, 2.05) is 45.0 Å². The van der Waals surface area contributed by atoms with E-state index in [4.69, 9.17) is 14.2 Å². The standard InChI is InChI=1S/C26H26N2O5/c1-4-31-23-15-20(13-14-22(23)33-26(30)21-11-6-5-7-12-21)16-27-28-24(29)17-32-25-18(2)9-8-10-19(25)3/h5-16H,4,17H2,1-3H3,(H,28,29)/b27-16-. The Morgan fingerprint density at radius 3 is 2.33 bits per heavy atom. The SMILES string of the molecule is CCOc1cc(/C=N\NC(=O)COc2c(C)cccc2C)ccc1OC(=O)c1ccccc1. The van der Waals surface area contributed by atoms with Crippen LogP contribution < -0.4 is 19.6 Å². The Bertz CT molecular complexity index is 1120. The van der Waals surface area contributed by atoms with Crippen molar-refractivity contribution >= 4 is 18.1 Å². The lowest BCUT2D eigenvalue weighted by molar-refractivity contribution is -0.123. The van der Waals surface area contributed by atoms with Gasteiger partial charge in [0.05, 0.1) is 18.4 Å². The molecule has 7 heteroatoms. The highest BCUT2D eigenvalue weighted by molar-refractivity contribution is 5.91. The number of aryl methyl sites for hydroxylation is 2. The summed E-state index contributed by atoms with van der Waals surface area (Å²) in [4.78, 5) is 24.4. The van der Waals surface area contributed by atoms with Gasteiger partial charge in [-0.15, -0.1) is 0 Å². The fourth-order valence-electron chi connectivity index (χ4n) is 3.07. The Morgan fingerprint density at radius 1 is 0.909 bits per heavy atom. The number of carbonyl (C=O) groups excluding carboxylic acids is 2. The number of esters is 1. The summed E-state index contributed by atoms with van der Waals surface area (Å²) in [7, 11) is 0. The molecule has 0 fully saturated rings. The van der Waals surface area contributed by atoms with Gasteiger partial charge in [-0.2, -0.15) is 5.10 Å². The van der Waals surface area contributed by atoms with E-state index in [2.05, 4.69) is 10.5 Å². The Labute approximate surface area is 193 Å². The predicted octanol–water partition coefficient (Wildman–Crippen LogP) is 4.45. The zero-order valence-corrected chi connectivity index (χ0v) is 18.8. The molecular formula is C26H26N2O5. The average Bonchev–Trinajstić information content (AvgIpc) is 2.81. The Balaban J connectivity index is 1.60. The van der Waals surface area contributed by atoms with Gasteiger partial charge in [-0.05, 0) is 67.8 Å². The Morgan fingerprint density at radius 2 is 1.64 bits per heavy atom. The number of ether oxygens (including phenoxy) is 3. The third-order valence-corrected chi connectivity index (χ3v) is 4.64. The first-order valence-electron chi connectivity index (χ1n) is 10.5. The Hall–Kier alpha value is -4.13. The van der Waals surface area contributed by atoms with Gasteiger partial charge in [-0.3, -0.25) is 4.79 Å². The van der Waals surface area contributed by atoms with Gasteiger partial charge in [0.1, 0.15) is 5.75 Å². The normalized spacial score (nSPS) is 10.6. The van der Waals surface area contributed by atoms with E-state index in [0.29, 0.717) is 35.0 Å². The zero-order valence-electron chi connectivity index (χ0n) is 18.8. The second-order valence-corrected chi connectivity index (χ2v) is 7.20. The summed E-state index contributed by atoms with van der Waals surface area (Å²) in [5, 5.41) is 3.97. The summed E-state index contributed by atoms with van der Waals surface area (Å²) in [6.45, 7) is 5.93. The molecule has 33 heavy (non-hydrogen) atoms.